The van der Waals surface area contributed by atoms with E-state index in [0.717, 1.165) is 11.3 Å². The molecule has 0 spiro atoms. The largest absolute Gasteiger partial charge is 0.495 e. The average molecular weight is 223 g/mol. The molecule has 0 bridgehead atoms. The highest BCUT2D eigenvalue weighted by atomic mass is 16.5. The normalized spacial score (nSPS) is 10.0. The van der Waals surface area contributed by atoms with Crippen LogP contribution < -0.4 is 9.64 Å². The summed E-state index contributed by atoms with van der Waals surface area (Å²) in [5, 5.41) is 8.73. The van der Waals surface area contributed by atoms with Gasteiger partial charge in [0.15, 0.2) is 0 Å². The van der Waals surface area contributed by atoms with Gasteiger partial charge in [0.2, 0.25) is 5.91 Å². The summed E-state index contributed by atoms with van der Waals surface area (Å²) in [5.74, 6) is 0.519. The van der Waals surface area contributed by atoms with Crippen LogP contribution in [0.5, 0.6) is 5.75 Å². The Morgan fingerprint density at radius 3 is 2.75 bits per heavy atom. The third-order valence-electron chi connectivity index (χ3n) is 2.40. The van der Waals surface area contributed by atoms with Crippen LogP contribution in [0, 0.1) is 6.92 Å². The van der Waals surface area contributed by atoms with Crippen molar-refractivity contribution in [1.82, 2.24) is 0 Å². The van der Waals surface area contributed by atoms with Crippen molar-refractivity contribution < 1.29 is 14.6 Å². The predicted octanol–water partition coefficient (Wildman–Crippen LogP) is 1.35. The maximum atomic E-state index is 11.6. The zero-order valence-corrected chi connectivity index (χ0v) is 9.86. The van der Waals surface area contributed by atoms with Gasteiger partial charge >= 0.3 is 0 Å². The number of rotatable bonds is 4. The van der Waals surface area contributed by atoms with Crippen LogP contribution in [0.25, 0.3) is 0 Å². The summed E-state index contributed by atoms with van der Waals surface area (Å²) >= 11 is 0. The molecule has 1 rings (SSSR count). The van der Waals surface area contributed by atoms with Crippen molar-refractivity contribution in [2.45, 2.75) is 13.3 Å². The number of hydrogen-bond donors (Lipinski definition) is 1. The Morgan fingerprint density at radius 2 is 2.19 bits per heavy atom. The fourth-order valence-corrected chi connectivity index (χ4v) is 1.46. The van der Waals surface area contributed by atoms with Crippen LogP contribution in [0.4, 0.5) is 5.69 Å². The first-order valence-electron chi connectivity index (χ1n) is 5.12. The highest BCUT2D eigenvalue weighted by Crippen LogP contribution is 2.28. The van der Waals surface area contributed by atoms with Crippen LogP contribution in [0.1, 0.15) is 12.0 Å². The Labute approximate surface area is 95.5 Å². The lowest BCUT2D eigenvalue weighted by Gasteiger charge is -2.20. The Balaban J connectivity index is 3.01. The number of anilines is 1. The third kappa shape index (κ3) is 2.73. The first-order valence-corrected chi connectivity index (χ1v) is 5.12. The van der Waals surface area contributed by atoms with Gasteiger partial charge < -0.3 is 14.7 Å². The lowest BCUT2D eigenvalue weighted by atomic mass is 10.2. The van der Waals surface area contributed by atoms with Crippen molar-refractivity contribution in [2.24, 2.45) is 0 Å². The molecule has 88 valence electrons. The number of carbonyl (C=O) groups excluding carboxylic acids is 1. The quantitative estimate of drug-likeness (QED) is 0.838. The number of aliphatic hydroxyl groups excluding tert-OH is 1. The molecule has 0 aliphatic rings. The Morgan fingerprint density at radius 1 is 1.50 bits per heavy atom. The summed E-state index contributed by atoms with van der Waals surface area (Å²) in [6, 6.07) is 5.63. The van der Waals surface area contributed by atoms with E-state index in [1.807, 2.05) is 25.1 Å². The van der Waals surface area contributed by atoms with Crippen molar-refractivity contribution in [3.8, 4) is 5.75 Å². The van der Waals surface area contributed by atoms with Gasteiger partial charge in [-0.15, -0.1) is 0 Å². The Hall–Kier alpha value is -1.55. The maximum absolute atomic E-state index is 11.6. The number of methoxy groups -OCH3 is 1. The molecule has 1 N–H and O–H groups in total. The SMILES string of the molecule is COc1ccc(C)cc1N(C)C(=O)CCO. The fourth-order valence-electron chi connectivity index (χ4n) is 1.46. The number of ether oxygens (including phenoxy) is 1. The van der Waals surface area contributed by atoms with Gasteiger partial charge in [-0.05, 0) is 24.6 Å². The Bertz CT molecular complexity index is 377. The molecular formula is C12H17NO3. The number of aryl methyl sites for hydroxylation is 1. The molecule has 0 fully saturated rings. The van der Waals surface area contributed by atoms with Crippen molar-refractivity contribution in [2.75, 3.05) is 25.7 Å². The van der Waals surface area contributed by atoms with E-state index < -0.39 is 0 Å². The van der Waals surface area contributed by atoms with Gasteiger partial charge in [-0.2, -0.15) is 0 Å². The van der Waals surface area contributed by atoms with Crippen LogP contribution >= 0.6 is 0 Å². The molecule has 16 heavy (non-hydrogen) atoms. The van der Waals surface area contributed by atoms with Gasteiger partial charge in [0.1, 0.15) is 5.75 Å². The van der Waals surface area contributed by atoms with Gasteiger partial charge in [0.25, 0.3) is 0 Å². The number of nitrogens with zero attached hydrogens (tertiary/aromatic N) is 1. The lowest BCUT2D eigenvalue weighted by molar-refractivity contribution is -0.118. The summed E-state index contributed by atoms with van der Waals surface area (Å²) in [5.41, 5.74) is 1.78. The molecule has 1 aromatic carbocycles. The van der Waals surface area contributed by atoms with Gasteiger partial charge in [-0.25, -0.2) is 0 Å². The summed E-state index contributed by atoms with van der Waals surface area (Å²) in [7, 11) is 3.24. The van der Waals surface area contributed by atoms with Crippen LogP contribution in [0.3, 0.4) is 0 Å². The van der Waals surface area contributed by atoms with E-state index in [1.165, 1.54) is 4.90 Å². The molecule has 0 heterocycles. The van der Waals surface area contributed by atoms with E-state index in [1.54, 1.807) is 14.2 Å². The zero-order chi connectivity index (χ0) is 12.1. The van der Waals surface area contributed by atoms with Gasteiger partial charge in [0, 0.05) is 7.05 Å². The minimum Gasteiger partial charge on any atom is -0.495 e. The minimum atomic E-state index is -0.142. The van der Waals surface area contributed by atoms with E-state index in [2.05, 4.69) is 0 Å². The van der Waals surface area contributed by atoms with Crippen LogP contribution in [0.2, 0.25) is 0 Å². The molecule has 1 aromatic rings. The minimum absolute atomic E-state index is 0.119. The van der Waals surface area contributed by atoms with Gasteiger partial charge in [0.05, 0.1) is 25.8 Å². The monoisotopic (exact) mass is 223 g/mol. The second-order valence-electron chi connectivity index (χ2n) is 3.60. The van der Waals surface area contributed by atoms with Crippen molar-refractivity contribution >= 4 is 11.6 Å². The summed E-state index contributed by atoms with van der Waals surface area (Å²) in [6.07, 6.45) is 0.119. The van der Waals surface area contributed by atoms with Crippen LogP contribution in [-0.4, -0.2) is 31.8 Å². The molecule has 0 aromatic heterocycles. The summed E-state index contributed by atoms with van der Waals surface area (Å²) < 4.78 is 5.19. The number of aliphatic hydroxyl groups is 1. The van der Waals surface area contributed by atoms with E-state index >= 15 is 0 Å². The molecule has 0 aliphatic heterocycles. The molecule has 4 heteroatoms. The predicted molar refractivity (Wildman–Crippen MR) is 62.8 cm³/mol. The summed E-state index contributed by atoms with van der Waals surface area (Å²) in [6.45, 7) is 1.81. The average Bonchev–Trinajstić information content (AvgIpc) is 2.28. The number of carbonyl (C=O) groups is 1. The zero-order valence-electron chi connectivity index (χ0n) is 9.86. The molecule has 0 aliphatic carbocycles. The van der Waals surface area contributed by atoms with E-state index in [4.69, 9.17) is 9.84 Å². The number of amides is 1. The molecule has 0 radical (unpaired) electrons. The van der Waals surface area contributed by atoms with Crippen molar-refractivity contribution in [1.29, 1.82) is 0 Å². The molecule has 0 saturated carbocycles. The van der Waals surface area contributed by atoms with E-state index in [0.29, 0.717) is 5.75 Å². The molecule has 4 nitrogen and oxygen atoms in total. The van der Waals surface area contributed by atoms with Gasteiger partial charge in [-0.1, -0.05) is 6.07 Å². The lowest BCUT2D eigenvalue weighted by Crippen LogP contribution is -2.27. The number of hydrogen-bond acceptors (Lipinski definition) is 3. The highest BCUT2D eigenvalue weighted by molar-refractivity contribution is 5.94. The molecule has 1 amide bonds. The van der Waals surface area contributed by atoms with E-state index in [9.17, 15) is 4.79 Å². The maximum Gasteiger partial charge on any atom is 0.229 e. The van der Waals surface area contributed by atoms with Gasteiger partial charge in [-0.3, -0.25) is 4.79 Å². The summed E-state index contributed by atoms with van der Waals surface area (Å²) in [4.78, 5) is 13.1. The Kier molecular flexibility index (Phi) is 4.31. The molecule has 0 unspecified atom stereocenters. The second kappa shape index (κ2) is 5.51. The molecule has 0 saturated heterocycles. The first-order chi connectivity index (χ1) is 7.60. The fraction of sp³-hybridized carbons (Fsp3) is 0.417. The molecule has 0 atom stereocenters. The standard InChI is InChI=1S/C12H17NO3/c1-9-4-5-11(16-3)10(8-9)13(2)12(15)6-7-14/h4-5,8,14H,6-7H2,1-3H3. The third-order valence-corrected chi connectivity index (χ3v) is 2.40. The van der Waals surface area contributed by atoms with Crippen molar-refractivity contribution in [3.63, 3.8) is 0 Å². The highest BCUT2D eigenvalue weighted by Gasteiger charge is 2.14. The molecular weight excluding hydrogens is 206 g/mol. The van der Waals surface area contributed by atoms with Crippen LogP contribution in [-0.2, 0) is 4.79 Å². The second-order valence-corrected chi connectivity index (χ2v) is 3.60. The number of benzene rings is 1. The first kappa shape index (κ1) is 12.5. The van der Waals surface area contributed by atoms with Crippen LogP contribution in [0.15, 0.2) is 18.2 Å². The topological polar surface area (TPSA) is 49.8 Å². The van der Waals surface area contributed by atoms with Crippen molar-refractivity contribution in [3.05, 3.63) is 23.8 Å². The van der Waals surface area contributed by atoms with E-state index in [-0.39, 0.29) is 18.9 Å². The smallest absolute Gasteiger partial charge is 0.229 e.